The fraction of sp³-hybridized carbons (Fsp3) is 0.571. The Balaban J connectivity index is 1.86. The molecular formula is C21H31N3O3S. The van der Waals surface area contributed by atoms with E-state index in [0.717, 1.165) is 43.0 Å². The van der Waals surface area contributed by atoms with Gasteiger partial charge in [0.1, 0.15) is 6.04 Å². The van der Waals surface area contributed by atoms with Crippen LogP contribution in [0.5, 0.6) is 0 Å². The number of carbonyl (C=O) groups excluding carboxylic acids is 1. The summed E-state index contributed by atoms with van der Waals surface area (Å²) in [5.41, 5.74) is 0.884. The molecule has 1 aliphatic rings. The van der Waals surface area contributed by atoms with E-state index in [9.17, 15) is 13.2 Å². The highest BCUT2D eigenvalue weighted by atomic mass is 32.2. The zero-order valence-corrected chi connectivity index (χ0v) is 17.7. The fourth-order valence-electron chi connectivity index (χ4n) is 3.84. The van der Waals surface area contributed by atoms with Crippen LogP contribution >= 0.6 is 0 Å². The summed E-state index contributed by atoms with van der Waals surface area (Å²) in [4.78, 5) is 12.9. The number of hydrogen-bond acceptors (Lipinski definition) is 3. The van der Waals surface area contributed by atoms with Crippen LogP contribution in [0.25, 0.3) is 10.9 Å². The van der Waals surface area contributed by atoms with Gasteiger partial charge in [-0.3, -0.25) is 4.79 Å². The second kappa shape index (κ2) is 9.09. The number of unbranched alkanes of at least 4 members (excludes halogenated alkanes) is 1. The van der Waals surface area contributed by atoms with Gasteiger partial charge in [0.2, 0.25) is 15.9 Å². The van der Waals surface area contributed by atoms with E-state index in [2.05, 4.69) is 12.2 Å². The lowest BCUT2D eigenvalue weighted by atomic mass is 10.2. The minimum absolute atomic E-state index is 0.0125. The third kappa shape index (κ3) is 4.25. The number of rotatable bonds is 8. The molecule has 7 heteroatoms. The molecule has 0 spiro atoms. The number of benzene rings is 1. The molecule has 1 amide bonds. The zero-order valence-electron chi connectivity index (χ0n) is 16.9. The first-order valence-corrected chi connectivity index (χ1v) is 11.8. The molecule has 1 fully saturated rings. The number of piperidine rings is 1. The van der Waals surface area contributed by atoms with Crippen molar-refractivity contribution in [2.24, 2.45) is 0 Å². The topological polar surface area (TPSA) is 71.4 Å². The Hall–Kier alpha value is -1.86. The molecule has 6 nitrogen and oxygen atoms in total. The normalized spacial score (nSPS) is 16.9. The maximum Gasteiger partial charge on any atom is 0.243 e. The van der Waals surface area contributed by atoms with E-state index < -0.39 is 10.0 Å². The molecular weight excluding hydrogens is 374 g/mol. The molecule has 28 heavy (non-hydrogen) atoms. The SMILES string of the molecule is CCCCNC(=O)[C@H](CC)n1ccc2cc(S(=O)(=O)N3CCCCC3)ccc21. The highest BCUT2D eigenvalue weighted by Gasteiger charge is 2.27. The number of amides is 1. The van der Waals surface area contributed by atoms with Gasteiger partial charge >= 0.3 is 0 Å². The van der Waals surface area contributed by atoms with E-state index in [1.807, 2.05) is 29.8 Å². The molecule has 2 heterocycles. The Morgan fingerprint density at radius 1 is 1.14 bits per heavy atom. The third-order valence-electron chi connectivity index (χ3n) is 5.50. The maximum absolute atomic E-state index is 12.9. The first-order valence-electron chi connectivity index (χ1n) is 10.4. The van der Waals surface area contributed by atoms with Crippen LogP contribution < -0.4 is 5.32 Å². The molecule has 0 unspecified atom stereocenters. The van der Waals surface area contributed by atoms with Crippen LogP contribution in [0.2, 0.25) is 0 Å². The molecule has 0 radical (unpaired) electrons. The Kier molecular flexibility index (Phi) is 6.78. The molecule has 2 aromatic rings. The number of nitrogens with zero attached hydrogens (tertiary/aromatic N) is 2. The molecule has 3 rings (SSSR count). The average molecular weight is 406 g/mol. The van der Waals surface area contributed by atoms with Crippen molar-refractivity contribution in [2.75, 3.05) is 19.6 Å². The Morgan fingerprint density at radius 3 is 2.57 bits per heavy atom. The van der Waals surface area contributed by atoms with Gasteiger partial charge < -0.3 is 9.88 Å². The van der Waals surface area contributed by atoms with Crippen molar-refractivity contribution in [1.29, 1.82) is 0 Å². The first-order chi connectivity index (χ1) is 13.5. The fourth-order valence-corrected chi connectivity index (χ4v) is 5.40. The Morgan fingerprint density at radius 2 is 1.89 bits per heavy atom. The van der Waals surface area contributed by atoms with Crippen LogP contribution in [0.1, 0.15) is 58.4 Å². The van der Waals surface area contributed by atoms with E-state index >= 15 is 0 Å². The number of fused-ring (bicyclic) bond motifs is 1. The van der Waals surface area contributed by atoms with Crippen LogP contribution in [-0.2, 0) is 14.8 Å². The van der Waals surface area contributed by atoms with Gasteiger partial charge in [0.15, 0.2) is 0 Å². The van der Waals surface area contributed by atoms with Crippen LogP contribution in [0.4, 0.5) is 0 Å². The van der Waals surface area contributed by atoms with Gasteiger partial charge in [0.25, 0.3) is 0 Å². The van der Waals surface area contributed by atoms with Crippen molar-refractivity contribution >= 4 is 26.8 Å². The number of aromatic nitrogens is 1. The molecule has 1 N–H and O–H groups in total. The van der Waals surface area contributed by atoms with E-state index in [1.165, 1.54) is 0 Å². The molecule has 0 saturated carbocycles. The van der Waals surface area contributed by atoms with Crippen molar-refractivity contribution in [3.05, 3.63) is 30.5 Å². The van der Waals surface area contributed by atoms with E-state index in [1.54, 1.807) is 16.4 Å². The highest BCUT2D eigenvalue weighted by Crippen LogP contribution is 2.27. The van der Waals surface area contributed by atoms with Gasteiger partial charge in [0, 0.05) is 36.7 Å². The molecule has 0 bridgehead atoms. The average Bonchev–Trinajstić information content (AvgIpc) is 3.12. The van der Waals surface area contributed by atoms with E-state index in [0.29, 0.717) is 31.0 Å². The zero-order chi connectivity index (χ0) is 20.1. The molecule has 1 atom stereocenters. The van der Waals surface area contributed by atoms with Gasteiger partial charge in [0.05, 0.1) is 4.90 Å². The number of hydrogen-bond donors (Lipinski definition) is 1. The highest BCUT2D eigenvalue weighted by molar-refractivity contribution is 7.89. The summed E-state index contributed by atoms with van der Waals surface area (Å²) >= 11 is 0. The van der Waals surface area contributed by atoms with Gasteiger partial charge in [-0.25, -0.2) is 8.42 Å². The monoisotopic (exact) mass is 405 g/mol. The van der Waals surface area contributed by atoms with Crippen molar-refractivity contribution in [3.8, 4) is 0 Å². The minimum atomic E-state index is -3.46. The van der Waals surface area contributed by atoms with E-state index in [4.69, 9.17) is 0 Å². The summed E-state index contributed by atoms with van der Waals surface area (Å²) in [6.45, 7) is 5.96. The van der Waals surface area contributed by atoms with Gasteiger partial charge in [-0.15, -0.1) is 0 Å². The molecule has 154 valence electrons. The van der Waals surface area contributed by atoms with E-state index in [-0.39, 0.29) is 11.9 Å². The molecule has 1 aliphatic heterocycles. The van der Waals surface area contributed by atoms with Crippen LogP contribution in [0.15, 0.2) is 35.4 Å². The smallest absolute Gasteiger partial charge is 0.243 e. The Bertz CT molecular complexity index is 914. The largest absolute Gasteiger partial charge is 0.354 e. The summed E-state index contributed by atoms with van der Waals surface area (Å²) in [6, 6.07) is 6.83. The maximum atomic E-state index is 12.9. The van der Waals surface area contributed by atoms with Crippen LogP contribution in [-0.4, -0.2) is 42.8 Å². The summed E-state index contributed by atoms with van der Waals surface area (Å²) in [7, 11) is -3.46. The predicted molar refractivity (Wildman–Crippen MR) is 112 cm³/mol. The van der Waals surface area contributed by atoms with Crippen LogP contribution in [0, 0.1) is 0 Å². The van der Waals surface area contributed by atoms with Gasteiger partial charge in [-0.1, -0.05) is 26.7 Å². The summed E-state index contributed by atoms with van der Waals surface area (Å²) in [5, 5.41) is 3.85. The lowest BCUT2D eigenvalue weighted by molar-refractivity contribution is -0.124. The standard InChI is InChI=1S/C21H31N3O3S/c1-3-5-12-22-21(25)19(4-2)24-15-11-17-16-18(9-10-20(17)24)28(26,27)23-13-7-6-8-14-23/h9-11,15-16,19H,3-8,12-14H2,1-2H3,(H,22,25)/t19-/m0/s1. The quantitative estimate of drug-likeness (QED) is 0.681. The molecule has 1 aromatic heterocycles. The molecule has 0 aliphatic carbocycles. The molecule has 1 aromatic carbocycles. The predicted octanol–water partition coefficient (Wildman–Crippen LogP) is 3.68. The minimum Gasteiger partial charge on any atom is -0.354 e. The van der Waals surface area contributed by atoms with Crippen molar-refractivity contribution in [3.63, 3.8) is 0 Å². The summed E-state index contributed by atoms with van der Waals surface area (Å²) < 4.78 is 29.4. The van der Waals surface area contributed by atoms with Crippen molar-refractivity contribution in [1.82, 2.24) is 14.2 Å². The third-order valence-corrected chi connectivity index (χ3v) is 7.39. The van der Waals surface area contributed by atoms with Gasteiger partial charge in [-0.05, 0) is 49.9 Å². The lowest BCUT2D eigenvalue weighted by Crippen LogP contribution is -2.35. The number of nitrogens with one attached hydrogen (secondary N) is 1. The number of sulfonamides is 1. The number of carbonyl (C=O) groups is 1. The summed E-state index contributed by atoms with van der Waals surface area (Å²) in [5.74, 6) is 0.0125. The second-order valence-electron chi connectivity index (χ2n) is 7.48. The van der Waals surface area contributed by atoms with Crippen molar-refractivity contribution in [2.45, 2.75) is 63.3 Å². The lowest BCUT2D eigenvalue weighted by Gasteiger charge is -2.26. The summed E-state index contributed by atoms with van der Waals surface area (Å²) in [6.07, 6.45) is 7.49. The first kappa shape index (κ1) is 20.9. The molecule has 1 saturated heterocycles. The van der Waals surface area contributed by atoms with Crippen molar-refractivity contribution < 1.29 is 13.2 Å². The van der Waals surface area contributed by atoms with Gasteiger partial charge in [-0.2, -0.15) is 4.31 Å². The Labute approximate surface area is 168 Å². The van der Waals surface area contributed by atoms with Crippen LogP contribution in [0.3, 0.4) is 0 Å². The second-order valence-corrected chi connectivity index (χ2v) is 9.41.